The molecule has 5 nitrogen and oxygen atoms in total. The Morgan fingerprint density at radius 2 is 2.06 bits per heavy atom. The van der Waals surface area contributed by atoms with Crippen LogP contribution in [0.15, 0.2) is 36.2 Å². The molecule has 4 aliphatic rings. The molecule has 0 radical (unpaired) electrons. The predicted molar refractivity (Wildman–Crippen MR) is 121 cm³/mol. The molecule has 6 unspecified atom stereocenters. The van der Waals surface area contributed by atoms with Gasteiger partial charge in [-0.2, -0.15) is 0 Å². The topological polar surface area (TPSA) is 82.5 Å². The number of halogens is 1. The number of aromatic nitrogens is 1. The number of nitrogens with one attached hydrogen (secondary N) is 1. The first-order valence-electron chi connectivity index (χ1n) is 11.8. The number of allylic oxidation sites excluding steroid dienone is 1. The van der Waals surface area contributed by atoms with Crippen LogP contribution in [0.3, 0.4) is 0 Å². The van der Waals surface area contributed by atoms with Gasteiger partial charge in [0.2, 0.25) is 0 Å². The average Bonchev–Trinajstić information content (AvgIpc) is 3.05. The second-order valence-corrected chi connectivity index (χ2v) is 11.4. The summed E-state index contributed by atoms with van der Waals surface area (Å²) >= 11 is 7.31. The van der Waals surface area contributed by atoms with Crippen molar-refractivity contribution in [1.82, 2.24) is 4.98 Å². The van der Waals surface area contributed by atoms with E-state index in [1.807, 2.05) is 12.1 Å². The van der Waals surface area contributed by atoms with Crippen molar-refractivity contribution in [3.8, 4) is 0 Å². The number of anilines is 1. The van der Waals surface area contributed by atoms with Gasteiger partial charge >= 0.3 is 0 Å². The molecule has 1 aromatic rings. The number of aliphatic hydroxyl groups excluding tert-OH is 1. The third-order valence-corrected chi connectivity index (χ3v) is 9.76. The number of carbonyl (C=O) groups is 1. The average molecular weight is 445 g/mol. The summed E-state index contributed by atoms with van der Waals surface area (Å²) in [6, 6.07) is 3.64. The minimum absolute atomic E-state index is 0.0639. The Balaban J connectivity index is 1.41. The highest BCUT2D eigenvalue weighted by molar-refractivity contribution is 6.25. The normalized spacial score (nSPS) is 44.3. The van der Waals surface area contributed by atoms with Crippen molar-refractivity contribution < 1.29 is 15.0 Å². The fourth-order valence-corrected chi connectivity index (χ4v) is 7.87. The van der Waals surface area contributed by atoms with Gasteiger partial charge in [-0.1, -0.05) is 13.0 Å². The highest BCUT2D eigenvalue weighted by Gasteiger charge is 2.66. The van der Waals surface area contributed by atoms with Crippen molar-refractivity contribution in [2.45, 2.75) is 81.3 Å². The Morgan fingerprint density at radius 3 is 2.84 bits per heavy atom. The van der Waals surface area contributed by atoms with Crippen molar-refractivity contribution in [1.29, 1.82) is 0 Å². The number of carbonyl (C=O) groups excluding carboxylic acids is 1. The molecular weight excluding hydrogens is 412 g/mol. The number of aliphatic hydroxyl groups is 2. The van der Waals surface area contributed by atoms with Crippen molar-refractivity contribution in [2.24, 2.45) is 23.2 Å². The van der Waals surface area contributed by atoms with E-state index < -0.39 is 15.9 Å². The smallest absolute Gasteiger partial charge is 0.251 e. The molecule has 4 aliphatic carbocycles. The maximum atomic E-state index is 13.2. The van der Waals surface area contributed by atoms with Gasteiger partial charge in [-0.3, -0.25) is 9.78 Å². The Morgan fingerprint density at radius 1 is 1.23 bits per heavy atom. The fourth-order valence-electron chi connectivity index (χ4n) is 7.35. The summed E-state index contributed by atoms with van der Waals surface area (Å²) in [5.74, 6) is 0.741. The SMILES string of the molecule is CC12CCC3(Cl)CC4CC(O)CCC4CC[C@]3(O)C1CC=C2C(=O)Nc1cccnc1. The Labute approximate surface area is 189 Å². The van der Waals surface area contributed by atoms with Crippen molar-refractivity contribution in [3.05, 3.63) is 36.2 Å². The number of pyridine rings is 1. The van der Waals surface area contributed by atoms with Gasteiger partial charge in [0.1, 0.15) is 0 Å². The lowest BCUT2D eigenvalue weighted by molar-refractivity contribution is -0.129. The van der Waals surface area contributed by atoms with Crippen LogP contribution >= 0.6 is 11.6 Å². The molecule has 168 valence electrons. The second kappa shape index (κ2) is 7.57. The van der Waals surface area contributed by atoms with Gasteiger partial charge in [0.05, 0.1) is 28.5 Å². The third-order valence-electron chi connectivity index (χ3n) is 9.09. The molecule has 0 aliphatic heterocycles. The van der Waals surface area contributed by atoms with Gasteiger partial charge in [-0.25, -0.2) is 0 Å². The van der Waals surface area contributed by atoms with Crippen LogP contribution in [0.2, 0.25) is 0 Å². The van der Waals surface area contributed by atoms with Crippen LogP contribution in [-0.2, 0) is 4.79 Å². The molecule has 1 amide bonds. The fraction of sp³-hybridized carbons (Fsp3) is 0.680. The maximum absolute atomic E-state index is 13.2. The molecule has 31 heavy (non-hydrogen) atoms. The summed E-state index contributed by atoms with van der Waals surface area (Å²) in [6.07, 6.45) is 12.3. The number of hydrogen-bond acceptors (Lipinski definition) is 4. The molecule has 5 rings (SSSR count). The highest BCUT2D eigenvalue weighted by Crippen LogP contribution is 2.65. The first-order chi connectivity index (χ1) is 14.8. The van der Waals surface area contributed by atoms with E-state index in [0.717, 1.165) is 44.1 Å². The first-order valence-corrected chi connectivity index (χ1v) is 12.1. The largest absolute Gasteiger partial charge is 0.393 e. The summed E-state index contributed by atoms with van der Waals surface area (Å²) in [4.78, 5) is 16.6. The van der Waals surface area contributed by atoms with E-state index in [1.54, 1.807) is 18.5 Å². The lowest BCUT2D eigenvalue weighted by atomic mass is 9.54. The predicted octanol–water partition coefficient (Wildman–Crippen LogP) is 4.44. The van der Waals surface area contributed by atoms with Gasteiger partial charge in [-0.05, 0) is 81.8 Å². The standard InChI is InChI=1S/C25H33ClN2O3/c1-23-10-11-24(26)14-17-13-19(29)5-4-16(17)8-9-25(24,31)21(23)7-6-20(23)22(30)28-18-3-2-12-27-15-18/h2-3,6,12,15-17,19,21,29,31H,4-5,7-11,13-14H2,1H3,(H,28,30)/t16?,17?,19?,21?,23?,24?,25-/m0/s1. The highest BCUT2D eigenvalue weighted by atomic mass is 35.5. The molecule has 0 saturated heterocycles. The quantitative estimate of drug-likeness (QED) is 0.589. The molecule has 0 aromatic carbocycles. The molecule has 6 heteroatoms. The molecular formula is C25H33ClN2O3. The number of fused-ring (bicyclic) bond motifs is 4. The van der Waals surface area contributed by atoms with E-state index in [9.17, 15) is 15.0 Å². The first kappa shape index (κ1) is 21.4. The molecule has 3 N–H and O–H groups in total. The van der Waals surface area contributed by atoms with Crippen LogP contribution in [0, 0.1) is 23.2 Å². The van der Waals surface area contributed by atoms with E-state index in [0.29, 0.717) is 36.8 Å². The minimum atomic E-state index is -1.00. The lowest BCUT2D eigenvalue weighted by Gasteiger charge is -2.57. The van der Waals surface area contributed by atoms with Crippen LogP contribution in [0.25, 0.3) is 0 Å². The summed E-state index contributed by atoms with van der Waals surface area (Å²) in [5, 5.41) is 25.4. The molecule has 1 aromatic heterocycles. The lowest BCUT2D eigenvalue weighted by Crippen LogP contribution is -2.62. The summed E-state index contributed by atoms with van der Waals surface area (Å²) in [5.41, 5.74) is 0.0508. The van der Waals surface area contributed by atoms with E-state index in [1.165, 1.54) is 0 Å². The maximum Gasteiger partial charge on any atom is 0.251 e. The van der Waals surface area contributed by atoms with Crippen LogP contribution in [-0.4, -0.2) is 37.7 Å². The van der Waals surface area contributed by atoms with Crippen LogP contribution < -0.4 is 5.32 Å². The third kappa shape index (κ3) is 3.35. The Bertz CT molecular complexity index is 892. The number of amides is 1. The Hall–Kier alpha value is -1.43. The number of rotatable bonds is 2. The summed E-state index contributed by atoms with van der Waals surface area (Å²) < 4.78 is 0. The van der Waals surface area contributed by atoms with Gasteiger partial charge in [0.25, 0.3) is 5.91 Å². The van der Waals surface area contributed by atoms with Crippen molar-refractivity contribution in [2.75, 3.05) is 5.32 Å². The van der Waals surface area contributed by atoms with Crippen molar-refractivity contribution >= 4 is 23.2 Å². The van der Waals surface area contributed by atoms with E-state index >= 15 is 0 Å². The summed E-state index contributed by atoms with van der Waals surface area (Å²) in [7, 11) is 0. The zero-order valence-electron chi connectivity index (χ0n) is 18.2. The zero-order valence-corrected chi connectivity index (χ0v) is 18.9. The van der Waals surface area contributed by atoms with Gasteiger partial charge in [0, 0.05) is 23.1 Å². The minimum Gasteiger partial charge on any atom is -0.393 e. The van der Waals surface area contributed by atoms with Gasteiger partial charge in [-0.15, -0.1) is 11.6 Å². The van der Waals surface area contributed by atoms with E-state index in [4.69, 9.17) is 11.6 Å². The monoisotopic (exact) mass is 444 g/mol. The molecule has 3 fully saturated rings. The van der Waals surface area contributed by atoms with Crippen LogP contribution in [0.4, 0.5) is 5.69 Å². The number of alkyl halides is 1. The number of nitrogens with zero attached hydrogens (tertiary/aromatic N) is 1. The number of hydrogen-bond donors (Lipinski definition) is 3. The Kier molecular flexibility index (Phi) is 5.23. The van der Waals surface area contributed by atoms with E-state index in [2.05, 4.69) is 17.2 Å². The second-order valence-electron chi connectivity index (χ2n) is 10.6. The van der Waals surface area contributed by atoms with Crippen LogP contribution in [0.1, 0.15) is 64.7 Å². The van der Waals surface area contributed by atoms with Crippen molar-refractivity contribution in [3.63, 3.8) is 0 Å². The van der Waals surface area contributed by atoms with Gasteiger partial charge < -0.3 is 15.5 Å². The molecule has 7 atom stereocenters. The molecule has 0 bridgehead atoms. The molecule has 1 heterocycles. The molecule has 0 spiro atoms. The summed E-state index contributed by atoms with van der Waals surface area (Å²) in [6.45, 7) is 2.13. The van der Waals surface area contributed by atoms with Crippen LogP contribution in [0.5, 0.6) is 0 Å². The van der Waals surface area contributed by atoms with E-state index in [-0.39, 0.29) is 17.9 Å². The zero-order chi connectivity index (χ0) is 21.9. The van der Waals surface area contributed by atoms with Gasteiger partial charge in [0.15, 0.2) is 0 Å². The molecule has 3 saturated carbocycles.